The van der Waals surface area contributed by atoms with Crippen LogP contribution in [0.15, 0.2) is 54.9 Å². The highest BCUT2D eigenvalue weighted by atomic mass is 16.3. The van der Waals surface area contributed by atoms with Crippen LogP contribution in [-0.2, 0) is 17.9 Å². The second kappa shape index (κ2) is 9.01. The number of phenolic OH excluding ortho intramolecular Hbond substituents is 1. The minimum atomic E-state index is -0.646. The van der Waals surface area contributed by atoms with Crippen molar-refractivity contribution in [1.82, 2.24) is 25.3 Å². The van der Waals surface area contributed by atoms with Gasteiger partial charge in [0.2, 0.25) is 6.41 Å². The molecule has 1 aliphatic heterocycles. The molecule has 1 fully saturated rings. The van der Waals surface area contributed by atoms with E-state index in [9.17, 15) is 19.5 Å². The number of urea groups is 1. The van der Waals surface area contributed by atoms with E-state index in [1.807, 2.05) is 41.3 Å². The molecule has 2 heterocycles. The monoisotopic (exact) mass is 459 g/mol. The summed E-state index contributed by atoms with van der Waals surface area (Å²) >= 11 is 0. The molecule has 0 bridgehead atoms. The van der Waals surface area contributed by atoms with E-state index < -0.39 is 12.1 Å². The summed E-state index contributed by atoms with van der Waals surface area (Å²) in [5.41, 5.74) is 4.08. The van der Waals surface area contributed by atoms with Gasteiger partial charge in [-0.05, 0) is 47.6 Å². The first-order chi connectivity index (χ1) is 16.5. The van der Waals surface area contributed by atoms with Crippen molar-refractivity contribution in [3.8, 4) is 16.9 Å². The van der Waals surface area contributed by atoms with Gasteiger partial charge in [-0.3, -0.25) is 19.6 Å². The summed E-state index contributed by atoms with van der Waals surface area (Å²) in [6, 6.07) is 11.3. The van der Waals surface area contributed by atoms with Crippen molar-refractivity contribution >= 4 is 18.3 Å². The molecule has 5 rings (SSSR count). The van der Waals surface area contributed by atoms with Crippen molar-refractivity contribution in [3.63, 3.8) is 0 Å². The molecule has 3 N–H and O–H groups in total. The van der Waals surface area contributed by atoms with Gasteiger partial charge in [0.1, 0.15) is 5.75 Å². The molecule has 2 aromatic carbocycles. The number of imide groups is 1. The molecule has 1 aliphatic carbocycles. The highest BCUT2D eigenvalue weighted by Crippen LogP contribution is 2.31. The lowest BCUT2D eigenvalue weighted by molar-refractivity contribution is -0.108. The molecule has 34 heavy (non-hydrogen) atoms. The highest BCUT2D eigenvalue weighted by Gasteiger charge is 2.30. The van der Waals surface area contributed by atoms with Crippen LogP contribution >= 0.6 is 0 Å². The van der Waals surface area contributed by atoms with Gasteiger partial charge in [-0.1, -0.05) is 30.3 Å². The zero-order valence-corrected chi connectivity index (χ0v) is 18.5. The topological polar surface area (TPSA) is 117 Å². The Morgan fingerprint density at radius 1 is 1.18 bits per heavy atom. The van der Waals surface area contributed by atoms with Crippen LogP contribution in [0.2, 0.25) is 0 Å². The van der Waals surface area contributed by atoms with Crippen LogP contribution in [0.1, 0.15) is 40.4 Å². The molecule has 0 unspecified atom stereocenters. The molecule has 0 radical (unpaired) electrons. The van der Waals surface area contributed by atoms with Gasteiger partial charge < -0.3 is 15.3 Å². The van der Waals surface area contributed by atoms with E-state index in [-0.39, 0.29) is 18.2 Å². The molecule has 1 aromatic heterocycles. The molecule has 1 saturated carbocycles. The minimum absolute atomic E-state index is 0.0324. The Labute approximate surface area is 196 Å². The van der Waals surface area contributed by atoms with Crippen LogP contribution in [0.5, 0.6) is 5.75 Å². The Kier molecular flexibility index (Phi) is 5.75. The largest absolute Gasteiger partial charge is 0.508 e. The first kappa shape index (κ1) is 21.7. The molecule has 2 aliphatic rings. The first-order valence-corrected chi connectivity index (χ1v) is 11.2. The second-order valence-corrected chi connectivity index (χ2v) is 8.83. The van der Waals surface area contributed by atoms with Gasteiger partial charge in [-0.25, -0.2) is 4.79 Å². The van der Waals surface area contributed by atoms with E-state index in [1.165, 1.54) is 18.9 Å². The number of aromatic nitrogens is 2. The fraction of sp³-hybridized carbons (Fsp3) is 0.280. The van der Waals surface area contributed by atoms with Gasteiger partial charge in [-0.2, -0.15) is 5.10 Å². The maximum atomic E-state index is 12.9. The Bertz CT molecular complexity index is 1230. The molecule has 9 nitrogen and oxygen atoms in total. The Balaban J connectivity index is 1.34. The molecular weight excluding hydrogens is 434 g/mol. The van der Waals surface area contributed by atoms with Crippen LogP contribution in [0.4, 0.5) is 4.79 Å². The molecule has 174 valence electrons. The maximum absolute atomic E-state index is 12.9. The fourth-order valence-electron chi connectivity index (χ4n) is 4.29. The zero-order valence-electron chi connectivity index (χ0n) is 18.5. The number of nitrogens with zero attached hydrogens (tertiary/aromatic N) is 3. The smallest absolute Gasteiger partial charge is 0.321 e. The molecule has 4 amide bonds. The van der Waals surface area contributed by atoms with Crippen molar-refractivity contribution in [3.05, 3.63) is 71.5 Å². The predicted molar refractivity (Wildman–Crippen MR) is 124 cm³/mol. The quantitative estimate of drug-likeness (QED) is 0.448. The molecule has 0 spiro atoms. The maximum Gasteiger partial charge on any atom is 0.321 e. The van der Waals surface area contributed by atoms with Crippen LogP contribution in [0, 0.1) is 5.92 Å². The van der Waals surface area contributed by atoms with Crippen LogP contribution in [-0.4, -0.2) is 44.7 Å². The van der Waals surface area contributed by atoms with Gasteiger partial charge >= 0.3 is 6.03 Å². The number of carbonyl (C=O) groups is 3. The van der Waals surface area contributed by atoms with Gasteiger partial charge in [0.25, 0.3) is 5.91 Å². The molecule has 0 saturated heterocycles. The Morgan fingerprint density at radius 2 is 1.97 bits per heavy atom. The van der Waals surface area contributed by atoms with Gasteiger partial charge in [-0.15, -0.1) is 0 Å². The van der Waals surface area contributed by atoms with Crippen molar-refractivity contribution in [1.29, 1.82) is 0 Å². The SMILES string of the molecule is O=CNC(=O)N[C@@H](CN1Cc2ccc(O)cc2C1=O)c1ccc(-c2cnn(CC3CC3)c2)cc1. The number of hydrogen-bond donors (Lipinski definition) is 3. The average Bonchev–Trinajstić information content (AvgIpc) is 3.43. The lowest BCUT2D eigenvalue weighted by Crippen LogP contribution is -2.42. The summed E-state index contributed by atoms with van der Waals surface area (Å²) in [4.78, 5) is 37.3. The number of nitrogens with one attached hydrogen (secondary N) is 2. The Hall–Kier alpha value is -4.14. The van der Waals surface area contributed by atoms with Gasteiger partial charge in [0.15, 0.2) is 0 Å². The third-order valence-electron chi connectivity index (χ3n) is 6.29. The summed E-state index contributed by atoms with van der Waals surface area (Å²) in [7, 11) is 0. The standard InChI is InChI=1S/C25H25N5O4/c31-15-26-25(34)28-23(14-29-12-19-7-8-21(32)9-22(19)24(29)33)18-5-3-17(4-6-18)20-10-27-30(13-20)11-16-1-2-16/h3-10,13,15-16,23,32H,1-2,11-12,14H2,(H2,26,28,31,34)/t23-/m0/s1. The molecule has 1 atom stereocenters. The number of benzene rings is 2. The summed E-state index contributed by atoms with van der Waals surface area (Å²) in [5, 5.41) is 19.0. The summed E-state index contributed by atoms with van der Waals surface area (Å²) in [6.45, 7) is 1.53. The van der Waals surface area contributed by atoms with E-state index >= 15 is 0 Å². The highest BCUT2D eigenvalue weighted by molar-refractivity contribution is 5.98. The van der Waals surface area contributed by atoms with Crippen LogP contribution in [0.3, 0.4) is 0 Å². The van der Waals surface area contributed by atoms with E-state index in [0.717, 1.165) is 34.7 Å². The minimum Gasteiger partial charge on any atom is -0.508 e. The fourth-order valence-corrected chi connectivity index (χ4v) is 4.29. The van der Waals surface area contributed by atoms with Crippen molar-refractivity contribution in [2.75, 3.05) is 6.54 Å². The summed E-state index contributed by atoms with van der Waals surface area (Å²) < 4.78 is 1.98. The molecule has 3 aromatic rings. The Morgan fingerprint density at radius 3 is 2.71 bits per heavy atom. The number of hydrogen-bond acceptors (Lipinski definition) is 5. The van der Waals surface area contributed by atoms with Crippen molar-refractivity contribution in [2.45, 2.75) is 32.0 Å². The predicted octanol–water partition coefficient (Wildman–Crippen LogP) is 2.82. The number of carbonyl (C=O) groups excluding carboxylic acids is 3. The van der Waals surface area contributed by atoms with E-state index in [2.05, 4.69) is 15.7 Å². The van der Waals surface area contributed by atoms with E-state index in [0.29, 0.717) is 18.5 Å². The third-order valence-corrected chi connectivity index (χ3v) is 6.29. The number of aromatic hydroxyl groups is 1. The lowest BCUT2D eigenvalue weighted by Gasteiger charge is -2.25. The van der Waals surface area contributed by atoms with E-state index in [4.69, 9.17) is 0 Å². The molecule has 9 heteroatoms. The second-order valence-electron chi connectivity index (χ2n) is 8.83. The van der Waals surface area contributed by atoms with Gasteiger partial charge in [0.05, 0.1) is 12.2 Å². The summed E-state index contributed by atoms with van der Waals surface area (Å²) in [5.74, 6) is 0.557. The van der Waals surface area contributed by atoms with Crippen LogP contribution in [0.25, 0.3) is 11.1 Å². The zero-order chi connectivity index (χ0) is 23.7. The normalized spacial score (nSPS) is 15.6. The number of fused-ring (bicyclic) bond motifs is 1. The number of phenols is 1. The lowest BCUT2D eigenvalue weighted by atomic mass is 10.0. The van der Waals surface area contributed by atoms with E-state index in [1.54, 1.807) is 17.0 Å². The average molecular weight is 460 g/mol. The van der Waals surface area contributed by atoms with Gasteiger partial charge in [0, 0.05) is 37.0 Å². The third kappa shape index (κ3) is 4.63. The number of amides is 4. The molecular formula is C25H25N5O4. The first-order valence-electron chi connectivity index (χ1n) is 11.2. The summed E-state index contributed by atoms with van der Waals surface area (Å²) in [6.07, 6.45) is 6.73. The van der Waals surface area contributed by atoms with Crippen molar-refractivity contribution in [2.24, 2.45) is 5.92 Å². The van der Waals surface area contributed by atoms with Crippen LogP contribution < -0.4 is 10.6 Å². The number of rotatable bonds is 8. The van der Waals surface area contributed by atoms with Crippen molar-refractivity contribution < 1.29 is 19.5 Å².